The van der Waals surface area contributed by atoms with E-state index in [1.54, 1.807) is 24.3 Å². The van der Waals surface area contributed by atoms with E-state index >= 15 is 0 Å². The van der Waals surface area contributed by atoms with Gasteiger partial charge in [-0.1, -0.05) is 24.3 Å². The highest BCUT2D eigenvalue weighted by Crippen LogP contribution is 2.66. The maximum Gasteiger partial charge on any atom is 0.190 e. The van der Waals surface area contributed by atoms with Crippen LogP contribution in [0.25, 0.3) is 11.1 Å². The summed E-state index contributed by atoms with van der Waals surface area (Å²) in [6, 6.07) is 10.4. The number of carbonyl (C=O) groups excluding carboxylic acids is 3. The number of fused-ring (bicyclic) bond motifs is 3. The quantitative estimate of drug-likeness (QED) is 0.380. The van der Waals surface area contributed by atoms with Crippen LogP contribution in [0, 0.1) is 5.92 Å². The van der Waals surface area contributed by atoms with E-state index in [1.807, 2.05) is 0 Å². The largest absolute Gasteiger partial charge is 0.508 e. The molecule has 3 aromatic rings. The highest BCUT2D eigenvalue weighted by atomic mass is 16.3. The minimum Gasteiger partial charge on any atom is -0.508 e. The van der Waals surface area contributed by atoms with Crippen molar-refractivity contribution >= 4 is 28.5 Å². The predicted molar refractivity (Wildman–Crippen MR) is 128 cm³/mol. The Morgan fingerprint density at radius 1 is 0.694 bits per heavy atom. The Kier molecular flexibility index (Phi) is 3.75. The minimum absolute atomic E-state index is 0.0297. The third kappa shape index (κ3) is 2.21. The topological polar surface area (TPSA) is 132 Å². The number of hydrogen-bond donors (Lipinski definition) is 4. The third-order valence-electron chi connectivity index (χ3n) is 8.06. The lowest BCUT2D eigenvalue weighted by Gasteiger charge is -2.44. The SMILES string of the molecule is O=C1C[C@@H]2CC(=O)c3c(O)cccc3[C@]23C(=C2C=CC(=O)c4c(O)ccc3c42)c2cc(O)cc(O)c21. The maximum absolute atomic E-state index is 13.6. The molecule has 7 heteroatoms. The van der Waals surface area contributed by atoms with Crippen molar-refractivity contribution in [3.8, 4) is 23.0 Å². The standard InChI is InChI=1S/C29H18O7/c30-13-10-15-25(23(36)11-13)21(34)8-12-9-22(35)26-16(2-1-3-18(26)31)29(12)17-5-7-20(33)27-19(32)6-4-14(24(17)27)28(15)29/h1-7,10-12,30-31,33,36H,8-9H2/t12-,29-/m1/s1. The molecule has 1 spiro atoms. The molecule has 0 unspecified atom stereocenters. The van der Waals surface area contributed by atoms with Crippen molar-refractivity contribution in [2.24, 2.45) is 5.92 Å². The molecule has 0 saturated heterocycles. The molecule has 7 nitrogen and oxygen atoms in total. The summed E-state index contributed by atoms with van der Waals surface area (Å²) in [6.45, 7) is 0. The van der Waals surface area contributed by atoms with E-state index in [2.05, 4.69) is 0 Å². The van der Waals surface area contributed by atoms with Crippen molar-refractivity contribution in [2.75, 3.05) is 0 Å². The summed E-state index contributed by atoms with van der Waals surface area (Å²) in [7, 11) is 0. The van der Waals surface area contributed by atoms with Crippen LogP contribution < -0.4 is 0 Å². The van der Waals surface area contributed by atoms with Crippen LogP contribution in [0.3, 0.4) is 0 Å². The number of phenolic OH excluding ortho intramolecular Hbond substituents is 4. The maximum atomic E-state index is 13.6. The van der Waals surface area contributed by atoms with Crippen molar-refractivity contribution in [3.05, 3.63) is 93.6 Å². The molecular formula is C29H18O7. The minimum atomic E-state index is -1.16. The molecule has 4 aliphatic carbocycles. The van der Waals surface area contributed by atoms with E-state index in [-0.39, 0.29) is 69.9 Å². The van der Waals surface area contributed by atoms with Gasteiger partial charge < -0.3 is 20.4 Å². The molecule has 0 radical (unpaired) electrons. The molecule has 176 valence electrons. The number of phenols is 4. The Morgan fingerprint density at radius 3 is 2.17 bits per heavy atom. The van der Waals surface area contributed by atoms with Crippen molar-refractivity contribution < 1.29 is 34.8 Å². The monoisotopic (exact) mass is 478 g/mol. The molecule has 3 aromatic carbocycles. The molecule has 0 heterocycles. The molecule has 0 aromatic heterocycles. The van der Waals surface area contributed by atoms with E-state index in [9.17, 15) is 34.8 Å². The summed E-state index contributed by atoms with van der Waals surface area (Å²) < 4.78 is 0. The van der Waals surface area contributed by atoms with Gasteiger partial charge in [-0.3, -0.25) is 14.4 Å². The van der Waals surface area contributed by atoms with Gasteiger partial charge in [0.25, 0.3) is 0 Å². The molecule has 0 amide bonds. The fourth-order valence-corrected chi connectivity index (χ4v) is 6.91. The van der Waals surface area contributed by atoms with Gasteiger partial charge in [0.05, 0.1) is 22.1 Å². The van der Waals surface area contributed by atoms with Gasteiger partial charge in [0.1, 0.15) is 23.0 Å². The van der Waals surface area contributed by atoms with Crippen LogP contribution in [0.1, 0.15) is 66.2 Å². The first-order chi connectivity index (χ1) is 17.2. The van der Waals surface area contributed by atoms with Crippen LogP contribution in [-0.4, -0.2) is 37.8 Å². The number of aromatic hydroxyl groups is 4. The Hall–Kier alpha value is -4.65. The molecule has 2 atom stereocenters. The first-order valence-electron chi connectivity index (χ1n) is 11.5. The number of ketones is 3. The average Bonchev–Trinajstić information content (AvgIpc) is 3.05. The van der Waals surface area contributed by atoms with Crippen LogP contribution in [-0.2, 0) is 5.41 Å². The van der Waals surface area contributed by atoms with Gasteiger partial charge in [0.2, 0.25) is 0 Å². The fourth-order valence-electron chi connectivity index (χ4n) is 6.91. The Labute approximate surface area is 204 Å². The van der Waals surface area contributed by atoms with Gasteiger partial charge in [-0.2, -0.15) is 0 Å². The van der Waals surface area contributed by atoms with Gasteiger partial charge in [0.15, 0.2) is 17.3 Å². The Balaban J connectivity index is 1.76. The van der Waals surface area contributed by atoms with Gasteiger partial charge in [0, 0.05) is 24.5 Å². The van der Waals surface area contributed by atoms with Crippen LogP contribution >= 0.6 is 0 Å². The highest BCUT2D eigenvalue weighted by Gasteiger charge is 2.59. The van der Waals surface area contributed by atoms with Gasteiger partial charge in [-0.05, 0) is 58.0 Å². The number of Topliss-reactive ketones (excluding diaryl/α,β-unsaturated/α-hetero) is 2. The molecule has 4 aliphatic rings. The molecule has 4 N–H and O–H groups in total. The van der Waals surface area contributed by atoms with E-state index in [0.717, 1.165) is 6.07 Å². The summed E-state index contributed by atoms with van der Waals surface area (Å²) in [5, 5.41) is 42.7. The van der Waals surface area contributed by atoms with Gasteiger partial charge in [-0.25, -0.2) is 0 Å². The predicted octanol–water partition coefficient (Wildman–Crippen LogP) is 4.26. The smallest absolute Gasteiger partial charge is 0.190 e. The Bertz CT molecular complexity index is 1690. The number of rotatable bonds is 0. The van der Waals surface area contributed by atoms with Crippen LogP contribution in [0.4, 0.5) is 0 Å². The summed E-state index contributed by atoms with van der Waals surface area (Å²) >= 11 is 0. The second-order valence-corrected chi connectivity index (χ2v) is 9.72. The zero-order valence-electron chi connectivity index (χ0n) is 18.7. The molecule has 0 saturated carbocycles. The van der Waals surface area contributed by atoms with E-state index in [1.165, 1.54) is 24.3 Å². The number of hydrogen-bond acceptors (Lipinski definition) is 7. The third-order valence-corrected chi connectivity index (χ3v) is 8.06. The summed E-state index contributed by atoms with van der Waals surface area (Å²) in [4.78, 5) is 39.8. The van der Waals surface area contributed by atoms with Crippen LogP contribution in [0.15, 0.2) is 54.6 Å². The molecule has 7 rings (SSSR count). The second-order valence-electron chi connectivity index (χ2n) is 9.72. The molecule has 0 fully saturated rings. The lowest BCUT2D eigenvalue weighted by molar-refractivity contribution is 0.0883. The van der Waals surface area contributed by atoms with Crippen molar-refractivity contribution in [2.45, 2.75) is 18.3 Å². The fraction of sp³-hybridized carbons (Fsp3) is 0.138. The van der Waals surface area contributed by atoms with Gasteiger partial charge in [-0.15, -0.1) is 0 Å². The first kappa shape index (κ1) is 20.7. The zero-order chi connectivity index (χ0) is 25.1. The number of allylic oxidation sites excluding steroid dienone is 4. The Morgan fingerprint density at radius 2 is 1.39 bits per heavy atom. The second kappa shape index (κ2) is 6.51. The van der Waals surface area contributed by atoms with Crippen molar-refractivity contribution in [1.29, 1.82) is 0 Å². The molecule has 0 aliphatic heterocycles. The van der Waals surface area contributed by atoms with E-state index in [4.69, 9.17) is 0 Å². The van der Waals surface area contributed by atoms with Crippen LogP contribution in [0.2, 0.25) is 0 Å². The number of benzene rings is 3. The van der Waals surface area contributed by atoms with E-state index in [0.29, 0.717) is 33.4 Å². The summed E-state index contributed by atoms with van der Waals surface area (Å²) in [5.74, 6) is -2.67. The lowest BCUT2D eigenvalue weighted by Crippen LogP contribution is -2.42. The normalized spacial score (nSPS) is 23.0. The molecule has 36 heavy (non-hydrogen) atoms. The molecule has 0 bridgehead atoms. The first-order valence-corrected chi connectivity index (χ1v) is 11.5. The summed E-state index contributed by atoms with van der Waals surface area (Å²) in [6.07, 6.45) is 2.82. The molecular weight excluding hydrogens is 460 g/mol. The van der Waals surface area contributed by atoms with E-state index < -0.39 is 11.3 Å². The van der Waals surface area contributed by atoms with Crippen molar-refractivity contribution in [3.63, 3.8) is 0 Å². The lowest BCUT2D eigenvalue weighted by atomic mass is 9.56. The summed E-state index contributed by atoms with van der Waals surface area (Å²) in [5.41, 5.74) is 2.14. The van der Waals surface area contributed by atoms with Crippen molar-refractivity contribution in [1.82, 2.24) is 0 Å². The zero-order valence-corrected chi connectivity index (χ0v) is 18.7. The van der Waals surface area contributed by atoms with Gasteiger partial charge >= 0.3 is 0 Å². The number of carbonyl (C=O) groups is 3. The van der Waals surface area contributed by atoms with Crippen LogP contribution in [0.5, 0.6) is 23.0 Å². The average molecular weight is 478 g/mol. The highest BCUT2D eigenvalue weighted by molar-refractivity contribution is 6.24.